The Labute approximate surface area is 228 Å². The van der Waals surface area contributed by atoms with Gasteiger partial charge in [0, 0.05) is 5.39 Å². The number of fused-ring (bicyclic) bond motifs is 1. The highest BCUT2D eigenvalue weighted by Gasteiger charge is 2.21. The van der Waals surface area contributed by atoms with E-state index in [1.54, 1.807) is 49.4 Å². The Hall–Kier alpha value is -3.70. The number of anilines is 1. The molecule has 0 unspecified atom stereocenters. The van der Waals surface area contributed by atoms with Gasteiger partial charge in [-0.15, -0.1) is 5.11 Å². The summed E-state index contributed by atoms with van der Waals surface area (Å²) in [6, 6.07) is 15.8. The fourth-order valence-electron chi connectivity index (χ4n) is 3.85. The summed E-state index contributed by atoms with van der Waals surface area (Å²) >= 11 is 12.3. The van der Waals surface area contributed by atoms with E-state index in [1.165, 1.54) is 19.2 Å². The molecule has 0 saturated heterocycles. The van der Waals surface area contributed by atoms with Crippen LogP contribution in [-0.4, -0.2) is 31.1 Å². The van der Waals surface area contributed by atoms with E-state index in [-0.39, 0.29) is 27.7 Å². The zero-order chi connectivity index (χ0) is 27.6. The molecule has 0 radical (unpaired) electrons. The number of methoxy groups -OCH3 is 1. The van der Waals surface area contributed by atoms with Gasteiger partial charge in [-0.2, -0.15) is 13.5 Å². The predicted octanol–water partition coefficient (Wildman–Crippen LogP) is 7.34. The molecule has 0 aliphatic heterocycles. The van der Waals surface area contributed by atoms with E-state index in [0.717, 1.165) is 6.07 Å². The van der Waals surface area contributed by atoms with Gasteiger partial charge in [0.1, 0.15) is 10.6 Å². The van der Waals surface area contributed by atoms with Crippen LogP contribution in [0.4, 0.5) is 17.1 Å². The van der Waals surface area contributed by atoms with Gasteiger partial charge < -0.3 is 15.2 Å². The molecule has 0 aromatic heterocycles. The molecule has 0 aliphatic carbocycles. The number of hydrogen-bond acceptors (Lipinski definition) is 7. The predicted molar refractivity (Wildman–Crippen MR) is 146 cm³/mol. The van der Waals surface area contributed by atoms with Gasteiger partial charge >= 0.3 is 0 Å². The van der Waals surface area contributed by atoms with E-state index >= 15 is 0 Å². The summed E-state index contributed by atoms with van der Waals surface area (Å²) in [5.74, 6) is -0.851. The number of rotatable bonds is 7. The van der Waals surface area contributed by atoms with Crippen LogP contribution < -0.4 is 10.1 Å². The van der Waals surface area contributed by atoms with Gasteiger partial charge in [-0.05, 0) is 47.7 Å². The number of carbonyl (C=O) groups excluding carboxylic acids is 1. The summed E-state index contributed by atoms with van der Waals surface area (Å²) in [5, 5.41) is 23.3. The van der Waals surface area contributed by atoms with Gasteiger partial charge in [0.15, 0.2) is 11.5 Å². The maximum atomic E-state index is 13.2. The summed E-state index contributed by atoms with van der Waals surface area (Å²) in [5.41, 5.74) is 0.678. The molecule has 0 bridgehead atoms. The third kappa shape index (κ3) is 5.44. The van der Waals surface area contributed by atoms with E-state index in [9.17, 15) is 22.9 Å². The Morgan fingerprint density at radius 3 is 2.47 bits per heavy atom. The van der Waals surface area contributed by atoms with Crippen molar-refractivity contribution < 1.29 is 27.6 Å². The second-order valence-electron chi connectivity index (χ2n) is 8.06. The number of ether oxygens (including phenoxy) is 1. The highest BCUT2D eigenvalue weighted by Crippen LogP contribution is 2.41. The molecule has 0 fully saturated rings. The molecule has 4 rings (SSSR count). The third-order valence-electron chi connectivity index (χ3n) is 5.68. The van der Waals surface area contributed by atoms with Crippen molar-refractivity contribution in [1.29, 1.82) is 0 Å². The number of para-hydroxylation sites is 1. The minimum Gasteiger partial charge on any atom is -0.505 e. The molecule has 9 nitrogen and oxygen atoms in total. The molecule has 0 aliphatic rings. The van der Waals surface area contributed by atoms with Crippen LogP contribution in [0, 0.1) is 0 Å². The number of phenolic OH excluding ortho intramolecular Hbond substituents is 1. The van der Waals surface area contributed by atoms with Crippen molar-refractivity contribution in [2.45, 2.75) is 18.2 Å². The maximum Gasteiger partial charge on any atom is 0.296 e. The molecule has 0 saturated carbocycles. The van der Waals surface area contributed by atoms with E-state index in [1.807, 2.05) is 0 Å². The van der Waals surface area contributed by atoms with Crippen molar-refractivity contribution in [1.82, 2.24) is 0 Å². The molecule has 4 aromatic carbocycles. The van der Waals surface area contributed by atoms with Crippen molar-refractivity contribution in [3.63, 3.8) is 0 Å². The van der Waals surface area contributed by atoms with E-state index in [0.29, 0.717) is 33.5 Å². The lowest BCUT2D eigenvalue weighted by Gasteiger charge is -2.14. The van der Waals surface area contributed by atoms with Crippen LogP contribution in [0.1, 0.15) is 22.8 Å². The summed E-state index contributed by atoms with van der Waals surface area (Å²) in [6.45, 7) is 1.76. The molecule has 0 heterocycles. The van der Waals surface area contributed by atoms with Crippen molar-refractivity contribution in [2.75, 3.05) is 12.4 Å². The first-order valence-corrected chi connectivity index (χ1v) is 13.3. The van der Waals surface area contributed by atoms with Gasteiger partial charge in [-0.1, -0.05) is 60.5 Å². The Balaban J connectivity index is 1.82. The van der Waals surface area contributed by atoms with Crippen LogP contribution in [0.2, 0.25) is 10.0 Å². The smallest absolute Gasteiger partial charge is 0.296 e. The molecule has 0 atom stereocenters. The summed E-state index contributed by atoms with van der Waals surface area (Å²) in [7, 11) is -3.21. The average molecular weight is 574 g/mol. The maximum absolute atomic E-state index is 13.2. The van der Waals surface area contributed by atoms with Gasteiger partial charge in [0.25, 0.3) is 16.0 Å². The zero-order valence-corrected chi connectivity index (χ0v) is 22.4. The number of phenols is 1. The number of aryl methyl sites for hydroxylation is 1. The standard InChI is InChI=1S/C26H21Cl2N3O6S/c1-3-14-11-16(13-21(22(14)28)38(34,35)36)30-31-23-17-8-5-4-7-15(17)12-18(24(23)32)26(33)29-20-10-6-9-19(27)25(20)37-2/h4-13,32H,3H2,1-2H3,(H,29,33)(H,34,35,36). The molecule has 4 aromatic rings. The number of benzene rings is 4. The number of azo groups is 1. The van der Waals surface area contributed by atoms with Crippen molar-refractivity contribution >= 4 is 67.1 Å². The second-order valence-corrected chi connectivity index (χ2v) is 10.2. The third-order valence-corrected chi connectivity index (χ3v) is 7.42. The van der Waals surface area contributed by atoms with Crippen molar-refractivity contribution in [3.05, 3.63) is 81.8 Å². The molecule has 1 amide bonds. The molecule has 38 heavy (non-hydrogen) atoms. The lowest BCUT2D eigenvalue weighted by molar-refractivity contribution is 0.102. The number of halogens is 2. The SMILES string of the molecule is CCc1cc(N=Nc2c(O)c(C(=O)Nc3cccc(Cl)c3OC)cc3ccccc23)cc(S(=O)(=O)O)c1Cl. The highest BCUT2D eigenvalue weighted by atomic mass is 35.5. The lowest BCUT2D eigenvalue weighted by atomic mass is 10.0. The highest BCUT2D eigenvalue weighted by molar-refractivity contribution is 7.86. The molecule has 3 N–H and O–H groups in total. The molecular weight excluding hydrogens is 553 g/mol. The number of nitrogens with zero attached hydrogens (tertiary/aromatic N) is 2. The van der Waals surface area contributed by atoms with Crippen molar-refractivity contribution in [2.24, 2.45) is 10.2 Å². The number of aromatic hydroxyl groups is 1. The van der Waals surface area contributed by atoms with Crippen molar-refractivity contribution in [3.8, 4) is 11.5 Å². The lowest BCUT2D eigenvalue weighted by Crippen LogP contribution is -2.13. The minimum atomic E-state index is -4.63. The first-order valence-electron chi connectivity index (χ1n) is 11.1. The van der Waals surface area contributed by atoms with E-state index in [4.69, 9.17) is 27.9 Å². The number of nitrogens with one attached hydrogen (secondary N) is 1. The largest absolute Gasteiger partial charge is 0.505 e. The second kappa shape index (κ2) is 11.0. The van der Waals surface area contributed by atoms with Gasteiger partial charge in [0.2, 0.25) is 0 Å². The Bertz CT molecular complexity index is 1710. The van der Waals surface area contributed by atoms with Crippen LogP contribution >= 0.6 is 23.2 Å². The first-order chi connectivity index (χ1) is 18.0. The number of carbonyl (C=O) groups is 1. The molecule has 12 heteroatoms. The molecular formula is C26H21Cl2N3O6S. The van der Waals surface area contributed by atoms with Gasteiger partial charge in [-0.3, -0.25) is 9.35 Å². The Morgan fingerprint density at radius 1 is 1.05 bits per heavy atom. The fourth-order valence-corrected chi connectivity index (χ4v) is 5.26. The normalized spacial score (nSPS) is 11.7. The van der Waals surface area contributed by atoms with E-state index < -0.39 is 26.7 Å². The minimum absolute atomic E-state index is 0.0206. The van der Waals surface area contributed by atoms with Crippen LogP contribution in [0.15, 0.2) is 75.8 Å². The Kier molecular flexibility index (Phi) is 7.89. The summed E-state index contributed by atoms with van der Waals surface area (Å²) in [4.78, 5) is 12.7. The first kappa shape index (κ1) is 27.3. The summed E-state index contributed by atoms with van der Waals surface area (Å²) in [6.07, 6.45) is 0.363. The zero-order valence-electron chi connectivity index (χ0n) is 20.1. The molecule has 196 valence electrons. The van der Waals surface area contributed by atoms with Crippen LogP contribution in [0.5, 0.6) is 11.5 Å². The van der Waals surface area contributed by atoms with Crippen LogP contribution in [-0.2, 0) is 16.5 Å². The fraction of sp³-hybridized carbons (Fsp3) is 0.115. The number of hydrogen-bond donors (Lipinski definition) is 3. The van der Waals surface area contributed by atoms with Crippen LogP contribution in [0.25, 0.3) is 10.8 Å². The molecule has 0 spiro atoms. The Morgan fingerprint density at radius 2 is 1.79 bits per heavy atom. The summed E-state index contributed by atoms with van der Waals surface area (Å²) < 4.78 is 38.5. The van der Waals surface area contributed by atoms with Gasteiger partial charge in [0.05, 0.1) is 34.1 Å². The quantitative estimate of drug-likeness (QED) is 0.156. The topological polar surface area (TPSA) is 138 Å². The van der Waals surface area contributed by atoms with Gasteiger partial charge in [-0.25, -0.2) is 0 Å². The monoisotopic (exact) mass is 573 g/mol. The number of amides is 1. The van der Waals surface area contributed by atoms with Crippen LogP contribution in [0.3, 0.4) is 0 Å². The van der Waals surface area contributed by atoms with E-state index in [2.05, 4.69) is 15.5 Å². The average Bonchev–Trinajstić information content (AvgIpc) is 2.88.